The number of aliphatic hydroxyl groups is 1. The number of likely N-dealkylation sites (tertiary alicyclic amines) is 1. The van der Waals surface area contributed by atoms with Gasteiger partial charge in [0, 0.05) is 18.0 Å². The highest BCUT2D eigenvalue weighted by Crippen LogP contribution is 2.27. The van der Waals surface area contributed by atoms with Gasteiger partial charge in [-0.3, -0.25) is 0 Å². The summed E-state index contributed by atoms with van der Waals surface area (Å²) in [6.45, 7) is 6.38. The molecule has 2 amide bonds. The van der Waals surface area contributed by atoms with E-state index in [4.69, 9.17) is 0 Å². The Morgan fingerprint density at radius 3 is 2.95 bits per heavy atom. The number of nitrogens with one attached hydrogen (secondary N) is 1. The number of amides is 2. The number of hydrogen-bond donors (Lipinski definition) is 2. The van der Waals surface area contributed by atoms with Crippen molar-refractivity contribution in [2.24, 2.45) is 0 Å². The van der Waals surface area contributed by atoms with Gasteiger partial charge < -0.3 is 15.3 Å². The summed E-state index contributed by atoms with van der Waals surface area (Å²) in [7, 11) is 0. The van der Waals surface area contributed by atoms with Crippen LogP contribution in [0.2, 0.25) is 0 Å². The lowest BCUT2D eigenvalue weighted by Crippen LogP contribution is -2.49. The quantitative estimate of drug-likeness (QED) is 0.869. The molecular formula is C17H26N2O2S. The second kappa shape index (κ2) is 7.38. The smallest absolute Gasteiger partial charge is 0.322 e. The third kappa shape index (κ3) is 4.40. The second-order valence-corrected chi connectivity index (χ2v) is 7.55. The van der Waals surface area contributed by atoms with Crippen LogP contribution in [0.25, 0.3) is 0 Å². The summed E-state index contributed by atoms with van der Waals surface area (Å²) < 4.78 is 0. The van der Waals surface area contributed by atoms with Crippen molar-refractivity contribution in [1.29, 1.82) is 0 Å². The fraction of sp³-hybridized carbons (Fsp3) is 0.588. The molecule has 1 heterocycles. The third-order valence-electron chi connectivity index (χ3n) is 3.98. The van der Waals surface area contributed by atoms with Gasteiger partial charge in [-0.1, -0.05) is 19.1 Å². The maximum atomic E-state index is 12.5. The maximum absolute atomic E-state index is 12.5. The summed E-state index contributed by atoms with van der Waals surface area (Å²) in [5.41, 5.74) is 1.17. The van der Waals surface area contributed by atoms with Crippen LogP contribution in [0, 0.1) is 0 Å². The predicted octanol–water partition coefficient (Wildman–Crippen LogP) is 3.71. The van der Waals surface area contributed by atoms with E-state index in [-0.39, 0.29) is 12.1 Å². The van der Waals surface area contributed by atoms with Crippen LogP contribution in [-0.2, 0) is 5.75 Å². The number of benzene rings is 1. The van der Waals surface area contributed by atoms with E-state index in [2.05, 4.69) is 18.3 Å². The van der Waals surface area contributed by atoms with Gasteiger partial charge in [0.15, 0.2) is 0 Å². The summed E-state index contributed by atoms with van der Waals surface area (Å²) in [5.74, 6) is 2.04. The van der Waals surface area contributed by atoms with Gasteiger partial charge in [0.05, 0.1) is 11.6 Å². The average Bonchev–Trinajstić information content (AvgIpc) is 2.95. The number of nitrogens with zero attached hydrogens (tertiary/aromatic N) is 1. The first-order valence-electron chi connectivity index (χ1n) is 7.88. The van der Waals surface area contributed by atoms with Crippen LogP contribution >= 0.6 is 11.8 Å². The molecular weight excluding hydrogens is 296 g/mol. The SMILES string of the molecule is CCSCc1cccc(NC(=O)N2CCCC2C(C)(C)O)c1. The first kappa shape index (κ1) is 17.2. The number of anilines is 1. The van der Waals surface area contributed by atoms with Crippen molar-refractivity contribution in [3.05, 3.63) is 29.8 Å². The lowest BCUT2D eigenvalue weighted by Gasteiger charge is -2.33. The molecule has 1 unspecified atom stereocenters. The number of rotatable bonds is 5. The Bertz CT molecular complexity index is 514. The number of urea groups is 1. The molecule has 0 spiro atoms. The molecule has 1 aliphatic heterocycles. The minimum absolute atomic E-state index is 0.119. The highest BCUT2D eigenvalue weighted by molar-refractivity contribution is 7.98. The van der Waals surface area contributed by atoms with Gasteiger partial charge >= 0.3 is 6.03 Å². The molecule has 0 aliphatic carbocycles. The molecule has 1 saturated heterocycles. The fourth-order valence-electron chi connectivity index (χ4n) is 2.90. The zero-order chi connectivity index (χ0) is 16.2. The van der Waals surface area contributed by atoms with Gasteiger partial charge in [-0.25, -0.2) is 4.79 Å². The van der Waals surface area contributed by atoms with Gasteiger partial charge in [-0.2, -0.15) is 11.8 Å². The van der Waals surface area contributed by atoms with Crippen molar-refractivity contribution in [2.45, 2.75) is 51.0 Å². The molecule has 22 heavy (non-hydrogen) atoms. The molecule has 2 rings (SSSR count). The molecule has 4 nitrogen and oxygen atoms in total. The van der Waals surface area contributed by atoms with Crippen molar-refractivity contribution < 1.29 is 9.90 Å². The van der Waals surface area contributed by atoms with Crippen molar-refractivity contribution in [3.63, 3.8) is 0 Å². The Hall–Kier alpha value is -1.20. The molecule has 0 bridgehead atoms. The van der Waals surface area contributed by atoms with Crippen molar-refractivity contribution in [3.8, 4) is 0 Å². The third-order valence-corrected chi connectivity index (χ3v) is 4.93. The zero-order valence-corrected chi connectivity index (χ0v) is 14.4. The van der Waals surface area contributed by atoms with Crippen LogP contribution < -0.4 is 5.32 Å². The monoisotopic (exact) mass is 322 g/mol. The van der Waals surface area contributed by atoms with Gasteiger partial charge in [0.2, 0.25) is 0 Å². The molecule has 5 heteroatoms. The van der Waals surface area contributed by atoms with Crippen LogP contribution in [-0.4, -0.2) is 40.0 Å². The molecule has 1 aromatic carbocycles. The van der Waals surface area contributed by atoms with Gasteiger partial charge in [-0.05, 0) is 50.1 Å². The standard InChI is InChI=1S/C17H26N2O2S/c1-4-22-12-13-7-5-8-14(11-13)18-16(20)19-10-6-9-15(19)17(2,3)21/h5,7-8,11,15,21H,4,6,9-10,12H2,1-3H3,(H,18,20). The Balaban J connectivity index is 2.02. The minimum Gasteiger partial charge on any atom is -0.388 e. The number of thioether (sulfide) groups is 1. The van der Waals surface area contributed by atoms with E-state index in [0.29, 0.717) is 6.54 Å². The zero-order valence-electron chi connectivity index (χ0n) is 13.6. The first-order chi connectivity index (χ1) is 10.4. The molecule has 0 radical (unpaired) electrons. The molecule has 1 aromatic rings. The van der Waals surface area contributed by atoms with Crippen LogP contribution in [0.4, 0.5) is 10.5 Å². The topological polar surface area (TPSA) is 52.6 Å². The molecule has 1 fully saturated rings. The van der Waals surface area contributed by atoms with Gasteiger partial charge in [0.25, 0.3) is 0 Å². The number of carbonyl (C=O) groups is 1. The summed E-state index contributed by atoms with van der Waals surface area (Å²) in [4.78, 5) is 14.3. The largest absolute Gasteiger partial charge is 0.388 e. The van der Waals surface area contributed by atoms with E-state index in [1.54, 1.807) is 18.7 Å². The minimum atomic E-state index is -0.868. The van der Waals surface area contributed by atoms with E-state index in [1.165, 1.54) is 5.56 Å². The van der Waals surface area contributed by atoms with E-state index in [0.717, 1.165) is 30.0 Å². The average molecular weight is 322 g/mol. The van der Waals surface area contributed by atoms with Crippen LogP contribution in [0.3, 0.4) is 0 Å². The Labute approximate surface area is 137 Å². The van der Waals surface area contributed by atoms with Crippen molar-refractivity contribution in [2.75, 3.05) is 17.6 Å². The highest BCUT2D eigenvalue weighted by Gasteiger charge is 2.38. The molecule has 1 atom stereocenters. The highest BCUT2D eigenvalue weighted by atomic mass is 32.2. The Morgan fingerprint density at radius 2 is 2.27 bits per heavy atom. The molecule has 0 aromatic heterocycles. The molecule has 2 N–H and O–H groups in total. The van der Waals surface area contributed by atoms with Gasteiger partial charge in [-0.15, -0.1) is 0 Å². The van der Waals surface area contributed by atoms with E-state index in [1.807, 2.05) is 30.0 Å². The summed E-state index contributed by atoms with van der Waals surface area (Å²) >= 11 is 1.86. The summed E-state index contributed by atoms with van der Waals surface area (Å²) in [6, 6.07) is 7.74. The van der Waals surface area contributed by atoms with Gasteiger partial charge in [0.1, 0.15) is 0 Å². The fourth-order valence-corrected chi connectivity index (χ4v) is 3.52. The van der Waals surface area contributed by atoms with Crippen molar-refractivity contribution >= 4 is 23.5 Å². The predicted molar refractivity (Wildman–Crippen MR) is 93.3 cm³/mol. The second-order valence-electron chi connectivity index (χ2n) is 6.27. The van der Waals surface area contributed by atoms with Crippen molar-refractivity contribution in [1.82, 2.24) is 4.90 Å². The Morgan fingerprint density at radius 1 is 1.50 bits per heavy atom. The van der Waals surface area contributed by atoms with Crippen LogP contribution in [0.15, 0.2) is 24.3 Å². The normalized spacial score (nSPS) is 18.5. The van der Waals surface area contributed by atoms with E-state index < -0.39 is 5.60 Å². The molecule has 122 valence electrons. The number of carbonyl (C=O) groups excluding carboxylic acids is 1. The number of hydrogen-bond acceptors (Lipinski definition) is 3. The van der Waals surface area contributed by atoms with E-state index in [9.17, 15) is 9.90 Å². The van der Waals surface area contributed by atoms with E-state index >= 15 is 0 Å². The van der Waals surface area contributed by atoms with Crippen LogP contribution in [0.1, 0.15) is 39.2 Å². The summed E-state index contributed by atoms with van der Waals surface area (Å²) in [6.07, 6.45) is 1.79. The molecule has 1 aliphatic rings. The summed E-state index contributed by atoms with van der Waals surface area (Å²) in [5, 5.41) is 13.2. The molecule has 0 saturated carbocycles. The lowest BCUT2D eigenvalue weighted by atomic mass is 9.97. The van der Waals surface area contributed by atoms with Crippen LogP contribution in [0.5, 0.6) is 0 Å². The first-order valence-corrected chi connectivity index (χ1v) is 9.04. The Kier molecular flexibility index (Phi) is 5.75. The lowest BCUT2D eigenvalue weighted by molar-refractivity contribution is 0.0117. The maximum Gasteiger partial charge on any atom is 0.322 e.